The maximum absolute atomic E-state index is 5.79. The van der Waals surface area contributed by atoms with Crippen LogP contribution in [0.3, 0.4) is 0 Å². The molecule has 0 radical (unpaired) electrons. The first-order valence-corrected chi connectivity index (χ1v) is 6.73. The van der Waals surface area contributed by atoms with Crippen molar-refractivity contribution in [1.29, 1.82) is 0 Å². The molecule has 0 amide bonds. The van der Waals surface area contributed by atoms with E-state index in [1.54, 1.807) is 19.5 Å². The Kier molecular flexibility index (Phi) is 8.14. The quantitative estimate of drug-likeness (QED) is 0.444. The molecule has 2 N–H and O–H groups in total. The standard InChI is InChI=1S/C14H17ClN4O.HI/c1-16-14(17-7-6-13-3-2-8-20-13)19-10-12-5-4-11(15)9-18-12;/h2-5,8-9H,6-7,10H2,1H3,(H2,16,17,19);1H. The number of hydrogen-bond acceptors (Lipinski definition) is 3. The molecule has 114 valence electrons. The van der Waals surface area contributed by atoms with Crippen molar-refractivity contribution in [3.05, 3.63) is 53.2 Å². The van der Waals surface area contributed by atoms with Crippen molar-refractivity contribution in [3.63, 3.8) is 0 Å². The average molecular weight is 421 g/mol. The van der Waals surface area contributed by atoms with Gasteiger partial charge in [-0.05, 0) is 24.3 Å². The van der Waals surface area contributed by atoms with Crippen molar-refractivity contribution < 1.29 is 4.42 Å². The van der Waals surface area contributed by atoms with Crippen molar-refractivity contribution >= 4 is 41.5 Å². The fourth-order valence-corrected chi connectivity index (χ4v) is 1.78. The van der Waals surface area contributed by atoms with Crippen LogP contribution in [0.5, 0.6) is 0 Å². The molecule has 0 aliphatic carbocycles. The highest BCUT2D eigenvalue weighted by molar-refractivity contribution is 14.0. The normalized spacial score (nSPS) is 10.9. The van der Waals surface area contributed by atoms with Gasteiger partial charge in [-0.1, -0.05) is 11.6 Å². The average Bonchev–Trinajstić information content (AvgIpc) is 2.97. The predicted octanol–water partition coefficient (Wildman–Crippen LogP) is 2.85. The van der Waals surface area contributed by atoms with Crippen LogP contribution in [-0.2, 0) is 13.0 Å². The lowest BCUT2D eigenvalue weighted by atomic mass is 10.3. The van der Waals surface area contributed by atoms with Gasteiger partial charge in [0.2, 0.25) is 0 Å². The number of pyridine rings is 1. The molecule has 0 atom stereocenters. The van der Waals surface area contributed by atoms with Crippen LogP contribution < -0.4 is 10.6 Å². The van der Waals surface area contributed by atoms with E-state index in [9.17, 15) is 0 Å². The molecule has 2 rings (SSSR count). The summed E-state index contributed by atoms with van der Waals surface area (Å²) in [5, 5.41) is 7.04. The number of halogens is 2. The summed E-state index contributed by atoms with van der Waals surface area (Å²) in [6.07, 6.45) is 4.12. The van der Waals surface area contributed by atoms with Crippen molar-refractivity contribution in [1.82, 2.24) is 15.6 Å². The lowest BCUT2D eigenvalue weighted by Gasteiger charge is -2.11. The second kappa shape index (κ2) is 9.62. The molecule has 5 nitrogen and oxygen atoms in total. The van der Waals surface area contributed by atoms with Crippen LogP contribution in [0.15, 0.2) is 46.1 Å². The summed E-state index contributed by atoms with van der Waals surface area (Å²) in [6, 6.07) is 7.54. The summed E-state index contributed by atoms with van der Waals surface area (Å²) in [7, 11) is 1.73. The first-order valence-electron chi connectivity index (χ1n) is 6.35. The second-order valence-electron chi connectivity index (χ2n) is 4.15. The van der Waals surface area contributed by atoms with E-state index in [-0.39, 0.29) is 24.0 Å². The summed E-state index contributed by atoms with van der Waals surface area (Å²) in [5.41, 5.74) is 0.906. The molecule has 7 heteroatoms. The topological polar surface area (TPSA) is 62.5 Å². The maximum atomic E-state index is 5.79. The van der Waals surface area contributed by atoms with Crippen molar-refractivity contribution in [2.24, 2.45) is 4.99 Å². The second-order valence-corrected chi connectivity index (χ2v) is 4.59. The third-order valence-corrected chi connectivity index (χ3v) is 2.92. The maximum Gasteiger partial charge on any atom is 0.191 e. The summed E-state index contributed by atoms with van der Waals surface area (Å²) < 4.78 is 5.27. The number of rotatable bonds is 5. The van der Waals surface area contributed by atoms with E-state index >= 15 is 0 Å². The molecule has 2 aromatic heterocycles. The Morgan fingerprint density at radius 1 is 1.33 bits per heavy atom. The molecule has 0 fully saturated rings. The van der Waals surface area contributed by atoms with E-state index in [2.05, 4.69) is 20.6 Å². The fraction of sp³-hybridized carbons (Fsp3) is 0.286. The van der Waals surface area contributed by atoms with E-state index < -0.39 is 0 Å². The summed E-state index contributed by atoms with van der Waals surface area (Å²) in [5.74, 6) is 1.68. The molecular formula is C14H18ClIN4O. The van der Waals surface area contributed by atoms with Crippen LogP contribution in [0.1, 0.15) is 11.5 Å². The van der Waals surface area contributed by atoms with Crippen molar-refractivity contribution in [3.8, 4) is 0 Å². The van der Waals surface area contributed by atoms with Gasteiger partial charge in [0.1, 0.15) is 5.76 Å². The monoisotopic (exact) mass is 420 g/mol. The largest absolute Gasteiger partial charge is 0.469 e. The number of nitrogens with one attached hydrogen (secondary N) is 2. The number of furan rings is 1. The van der Waals surface area contributed by atoms with Gasteiger partial charge in [-0.3, -0.25) is 9.98 Å². The minimum absolute atomic E-state index is 0. The Balaban J connectivity index is 0.00000220. The van der Waals surface area contributed by atoms with Gasteiger partial charge >= 0.3 is 0 Å². The summed E-state index contributed by atoms with van der Waals surface area (Å²) >= 11 is 5.79. The number of nitrogens with zero attached hydrogens (tertiary/aromatic N) is 2. The molecule has 2 heterocycles. The van der Waals surface area contributed by atoms with Gasteiger partial charge < -0.3 is 15.1 Å². The zero-order chi connectivity index (χ0) is 14.2. The Morgan fingerprint density at radius 2 is 2.19 bits per heavy atom. The van der Waals surface area contributed by atoms with Crippen LogP contribution >= 0.6 is 35.6 Å². The van der Waals surface area contributed by atoms with Gasteiger partial charge in [-0.15, -0.1) is 24.0 Å². The zero-order valence-corrected chi connectivity index (χ0v) is 14.8. The highest BCUT2D eigenvalue weighted by Gasteiger charge is 2.00. The molecule has 2 aromatic rings. The third-order valence-electron chi connectivity index (χ3n) is 2.69. The molecule has 0 unspecified atom stereocenters. The van der Waals surface area contributed by atoms with Gasteiger partial charge in [0.05, 0.1) is 23.5 Å². The van der Waals surface area contributed by atoms with Crippen molar-refractivity contribution in [2.75, 3.05) is 13.6 Å². The lowest BCUT2D eigenvalue weighted by Crippen LogP contribution is -2.38. The Labute approximate surface area is 146 Å². The SMILES string of the molecule is CN=C(NCCc1ccco1)NCc1ccc(Cl)cn1.I. The smallest absolute Gasteiger partial charge is 0.191 e. The molecule has 21 heavy (non-hydrogen) atoms. The molecule has 0 saturated heterocycles. The molecule has 0 aliphatic heterocycles. The third kappa shape index (κ3) is 6.34. The minimum Gasteiger partial charge on any atom is -0.469 e. The number of hydrogen-bond donors (Lipinski definition) is 2. The van der Waals surface area contributed by atoms with Crippen LogP contribution in [0.4, 0.5) is 0 Å². The van der Waals surface area contributed by atoms with E-state index in [4.69, 9.17) is 16.0 Å². The van der Waals surface area contributed by atoms with Crippen LogP contribution in [0.25, 0.3) is 0 Å². The summed E-state index contributed by atoms with van der Waals surface area (Å²) in [4.78, 5) is 8.36. The molecule has 0 aliphatic rings. The van der Waals surface area contributed by atoms with E-state index in [0.29, 0.717) is 11.6 Å². The van der Waals surface area contributed by atoms with E-state index in [1.807, 2.05) is 24.3 Å². The van der Waals surface area contributed by atoms with E-state index in [0.717, 1.165) is 30.4 Å². The lowest BCUT2D eigenvalue weighted by molar-refractivity contribution is 0.506. The Bertz CT molecular complexity index is 543. The first-order chi connectivity index (χ1) is 9.78. The molecule has 0 saturated carbocycles. The number of aromatic nitrogens is 1. The molecule has 0 aromatic carbocycles. The Hall–Kier alpha value is -1.28. The molecular weight excluding hydrogens is 403 g/mol. The highest BCUT2D eigenvalue weighted by atomic mass is 127. The minimum atomic E-state index is 0. The van der Waals surface area contributed by atoms with Crippen LogP contribution in [0, 0.1) is 0 Å². The summed E-state index contributed by atoms with van der Waals surface area (Å²) in [6.45, 7) is 1.35. The van der Waals surface area contributed by atoms with Gasteiger partial charge in [0.15, 0.2) is 5.96 Å². The highest BCUT2D eigenvalue weighted by Crippen LogP contribution is 2.05. The van der Waals surface area contributed by atoms with Gasteiger partial charge in [-0.2, -0.15) is 0 Å². The van der Waals surface area contributed by atoms with Crippen LogP contribution in [-0.4, -0.2) is 24.5 Å². The molecule has 0 bridgehead atoms. The van der Waals surface area contributed by atoms with Gasteiger partial charge in [0.25, 0.3) is 0 Å². The van der Waals surface area contributed by atoms with Gasteiger partial charge in [-0.25, -0.2) is 0 Å². The fourth-order valence-electron chi connectivity index (χ4n) is 1.66. The van der Waals surface area contributed by atoms with Crippen molar-refractivity contribution in [2.45, 2.75) is 13.0 Å². The number of guanidine groups is 1. The van der Waals surface area contributed by atoms with Crippen LogP contribution in [0.2, 0.25) is 5.02 Å². The van der Waals surface area contributed by atoms with E-state index in [1.165, 1.54) is 0 Å². The number of aliphatic imine (C=N–C) groups is 1. The van der Waals surface area contributed by atoms with Gasteiger partial charge in [0, 0.05) is 26.2 Å². The molecule has 0 spiro atoms. The zero-order valence-electron chi connectivity index (χ0n) is 11.7. The Morgan fingerprint density at radius 3 is 2.81 bits per heavy atom. The predicted molar refractivity (Wildman–Crippen MR) is 95.3 cm³/mol. The first kappa shape index (κ1) is 17.8.